The van der Waals surface area contributed by atoms with Gasteiger partial charge in [-0.15, -0.1) is 0 Å². The minimum atomic E-state index is -0.826. The zero-order chi connectivity index (χ0) is 17.6. The third-order valence-corrected chi connectivity index (χ3v) is 3.92. The minimum Gasteiger partial charge on any atom is -0.481 e. The Morgan fingerprint density at radius 2 is 1.88 bits per heavy atom. The molecule has 0 spiro atoms. The van der Waals surface area contributed by atoms with Crippen LogP contribution in [-0.2, 0) is 20.9 Å². The van der Waals surface area contributed by atoms with Gasteiger partial charge in [0.05, 0.1) is 12.9 Å². The number of rotatable bonds is 14. The van der Waals surface area contributed by atoms with Gasteiger partial charge in [0.15, 0.2) is 0 Å². The Balaban J connectivity index is 2.33. The number of carbonyl (C=O) groups is 2. The van der Waals surface area contributed by atoms with Gasteiger partial charge in [-0.3, -0.25) is 9.59 Å². The Hall–Kier alpha value is -1.85. The highest BCUT2D eigenvalue weighted by atomic mass is 16.5. The van der Waals surface area contributed by atoms with Crippen molar-refractivity contribution >= 4 is 11.9 Å². The predicted molar refractivity (Wildman–Crippen MR) is 91.6 cm³/mol. The summed E-state index contributed by atoms with van der Waals surface area (Å²) in [5.74, 6) is -1.06. The molecule has 0 aliphatic rings. The SMILES string of the molecule is CCCCCCCC(Cn1ccnc1)OC(=O)CCCCC(=O)O. The van der Waals surface area contributed by atoms with E-state index in [9.17, 15) is 9.59 Å². The maximum absolute atomic E-state index is 12.0. The quantitative estimate of drug-likeness (QED) is 0.412. The molecule has 0 aromatic carbocycles. The van der Waals surface area contributed by atoms with Gasteiger partial charge in [0.25, 0.3) is 0 Å². The smallest absolute Gasteiger partial charge is 0.306 e. The predicted octanol–water partition coefficient (Wildman–Crippen LogP) is 3.80. The van der Waals surface area contributed by atoms with Gasteiger partial charge in [0, 0.05) is 25.2 Å². The average Bonchev–Trinajstić information content (AvgIpc) is 3.04. The molecule has 6 nitrogen and oxygen atoms in total. The van der Waals surface area contributed by atoms with Crippen molar-refractivity contribution in [1.29, 1.82) is 0 Å². The third-order valence-electron chi connectivity index (χ3n) is 3.92. The molecule has 24 heavy (non-hydrogen) atoms. The molecule has 0 aliphatic heterocycles. The Kier molecular flexibility index (Phi) is 10.6. The van der Waals surface area contributed by atoms with Gasteiger partial charge in [-0.1, -0.05) is 32.6 Å². The molecule has 1 atom stereocenters. The lowest BCUT2D eigenvalue weighted by Gasteiger charge is -2.18. The first kappa shape index (κ1) is 20.2. The van der Waals surface area contributed by atoms with Crippen molar-refractivity contribution in [2.75, 3.05) is 0 Å². The van der Waals surface area contributed by atoms with Gasteiger partial charge in [-0.25, -0.2) is 4.98 Å². The number of hydrogen-bond acceptors (Lipinski definition) is 4. The molecule has 0 saturated heterocycles. The lowest BCUT2D eigenvalue weighted by Crippen LogP contribution is -2.23. The fourth-order valence-corrected chi connectivity index (χ4v) is 2.58. The summed E-state index contributed by atoms with van der Waals surface area (Å²) in [6, 6.07) is 0. The fourth-order valence-electron chi connectivity index (χ4n) is 2.58. The highest BCUT2D eigenvalue weighted by molar-refractivity contribution is 5.70. The topological polar surface area (TPSA) is 81.4 Å². The monoisotopic (exact) mass is 338 g/mol. The zero-order valence-electron chi connectivity index (χ0n) is 14.7. The number of esters is 1. The molecule has 0 aliphatic carbocycles. The van der Waals surface area contributed by atoms with Crippen molar-refractivity contribution in [3.63, 3.8) is 0 Å². The standard InChI is InChI=1S/C18H30N2O4/c1-2-3-4-5-6-9-16(14-20-13-12-19-15-20)24-18(23)11-8-7-10-17(21)22/h12-13,15-16H,2-11,14H2,1H3,(H,21,22). The lowest BCUT2D eigenvalue weighted by atomic mass is 10.1. The molecule has 1 unspecified atom stereocenters. The van der Waals surface area contributed by atoms with E-state index in [-0.39, 0.29) is 24.9 Å². The number of carboxylic acid groups (broad SMARTS) is 1. The molecule has 0 amide bonds. The van der Waals surface area contributed by atoms with Crippen molar-refractivity contribution in [3.05, 3.63) is 18.7 Å². The number of aromatic nitrogens is 2. The molecule has 1 aromatic heterocycles. The van der Waals surface area contributed by atoms with Gasteiger partial charge in [-0.2, -0.15) is 0 Å². The largest absolute Gasteiger partial charge is 0.481 e. The Morgan fingerprint density at radius 1 is 1.12 bits per heavy atom. The van der Waals surface area contributed by atoms with Gasteiger partial charge < -0.3 is 14.4 Å². The van der Waals surface area contributed by atoms with Gasteiger partial charge in [-0.05, 0) is 25.7 Å². The molecule has 0 radical (unpaired) electrons. The van der Waals surface area contributed by atoms with E-state index >= 15 is 0 Å². The summed E-state index contributed by atoms with van der Waals surface area (Å²) in [6.45, 7) is 2.81. The average molecular weight is 338 g/mol. The number of unbranched alkanes of at least 4 members (excludes halogenated alkanes) is 5. The summed E-state index contributed by atoms with van der Waals surface area (Å²) >= 11 is 0. The van der Waals surface area contributed by atoms with E-state index in [2.05, 4.69) is 11.9 Å². The van der Waals surface area contributed by atoms with Crippen LogP contribution in [0.5, 0.6) is 0 Å². The molecular weight excluding hydrogens is 308 g/mol. The van der Waals surface area contributed by atoms with Crippen LogP contribution in [0.4, 0.5) is 0 Å². The molecule has 136 valence electrons. The molecule has 1 heterocycles. The summed E-state index contributed by atoms with van der Waals surface area (Å²) < 4.78 is 7.53. The number of carboxylic acids is 1. The van der Waals surface area contributed by atoms with Crippen molar-refractivity contribution in [2.45, 2.75) is 83.8 Å². The number of carbonyl (C=O) groups excluding carboxylic acids is 1. The molecule has 0 saturated carbocycles. The van der Waals surface area contributed by atoms with Crippen molar-refractivity contribution in [1.82, 2.24) is 9.55 Å². The van der Waals surface area contributed by atoms with Crippen LogP contribution in [0.15, 0.2) is 18.7 Å². The lowest BCUT2D eigenvalue weighted by molar-refractivity contribution is -0.150. The van der Waals surface area contributed by atoms with E-state index in [1.807, 2.05) is 10.8 Å². The molecule has 1 aromatic rings. The van der Waals surface area contributed by atoms with E-state index in [1.54, 1.807) is 12.5 Å². The summed E-state index contributed by atoms with van der Waals surface area (Å²) in [6.07, 6.45) is 13.3. The number of ether oxygens (including phenoxy) is 1. The minimum absolute atomic E-state index is 0.100. The van der Waals surface area contributed by atoms with Crippen LogP contribution in [0.2, 0.25) is 0 Å². The first-order valence-corrected chi connectivity index (χ1v) is 8.98. The maximum atomic E-state index is 12.0. The second-order valence-corrected chi connectivity index (χ2v) is 6.18. The van der Waals surface area contributed by atoms with Gasteiger partial charge in [0.1, 0.15) is 6.10 Å². The molecule has 0 bridgehead atoms. The van der Waals surface area contributed by atoms with Crippen LogP contribution in [0, 0.1) is 0 Å². The van der Waals surface area contributed by atoms with Crippen molar-refractivity contribution < 1.29 is 19.4 Å². The molecule has 0 fully saturated rings. The van der Waals surface area contributed by atoms with E-state index < -0.39 is 5.97 Å². The maximum Gasteiger partial charge on any atom is 0.306 e. The Bertz CT molecular complexity index is 460. The van der Waals surface area contributed by atoms with Crippen molar-refractivity contribution in [3.8, 4) is 0 Å². The van der Waals surface area contributed by atoms with E-state index in [4.69, 9.17) is 9.84 Å². The fraction of sp³-hybridized carbons (Fsp3) is 0.722. The highest BCUT2D eigenvalue weighted by Gasteiger charge is 2.15. The summed E-state index contributed by atoms with van der Waals surface area (Å²) in [5, 5.41) is 8.60. The van der Waals surface area contributed by atoms with E-state index in [0.717, 1.165) is 19.3 Å². The van der Waals surface area contributed by atoms with E-state index in [0.29, 0.717) is 19.4 Å². The summed E-state index contributed by atoms with van der Waals surface area (Å²) in [7, 11) is 0. The first-order valence-electron chi connectivity index (χ1n) is 8.98. The van der Waals surface area contributed by atoms with Crippen LogP contribution < -0.4 is 0 Å². The van der Waals surface area contributed by atoms with Crippen LogP contribution in [-0.4, -0.2) is 32.7 Å². The second kappa shape index (κ2) is 12.6. The zero-order valence-corrected chi connectivity index (χ0v) is 14.7. The molecular formula is C18H30N2O4. The van der Waals surface area contributed by atoms with Gasteiger partial charge in [0.2, 0.25) is 0 Å². The molecule has 1 rings (SSSR count). The summed E-state index contributed by atoms with van der Waals surface area (Å²) in [4.78, 5) is 26.5. The number of imidazole rings is 1. The van der Waals surface area contributed by atoms with Crippen LogP contribution >= 0.6 is 0 Å². The van der Waals surface area contributed by atoms with Crippen LogP contribution in [0.1, 0.15) is 71.1 Å². The number of aliphatic carboxylic acids is 1. The number of hydrogen-bond donors (Lipinski definition) is 1. The van der Waals surface area contributed by atoms with Gasteiger partial charge >= 0.3 is 11.9 Å². The van der Waals surface area contributed by atoms with Crippen LogP contribution in [0.3, 0.4) is 0 Å². The first-order chi connectivity index (χ1) is 11.6. The third kappa shape index (κ3) is 10.0. The second-order valence-electron chi connectivity index (χ2n) is 6.18. The normalized spacial score (nSPS) is 12.0. The molecule has 6 heteroatoms. The highest BCUT2D eigenvalue weighted by Crippen LogP contribution is 2.13. The molecule has 1 N–H and O–H groups in total. The van der Waals surface area contributed by atoms with Crippen molar-refractivity contribution in [2.24, 2.45) is 0 Å². The summed E-state index contributed by atoms with van der Waals surface area (Å²) in [5.41, 5.74) is 0. The number of nitrogens with zero attached hydrogens (tertiary/aromatic N) is 2. The van der Waals surface area contributed by atoms with E-state index in [1.165, 1.54) is 19.3 Å². The Morgan fingerprint density at radius 3 is 2.54 bits per heavy atom. The Labute approximate surface area is 144 Å². The van der Waals surface area contributed by atoms with Crippen LogP contribution in [0.25, 0.3) is 0 Å².